The van der Waals surface area contributed by atoms with Crippen LogP contribution in [0.2, 0.25) is 0 Å². The minimum absolute atomic E-state index is 0.163. The number of nitrogens with zero attached hydrogens (tertiary/aromatic N) is 1. The van der Waals surface area contributed by atoms with E-state index in [0.717, 1.165) is 18.7 Å². The number of carbonyl (C=O) groups is 3. The molecule has 1 fully saturated rings. The number of alkyl halides is 3. The molecule has 1 saturated heterocycles. The van der Waals surface area contributed by atoms with Crippen molar-refractivity contribution in [1.29, 1.82) is 0 Å². The number of hydrazine groups is 1. The fourth-order valence-corrected chi connectivity index (χ4v) is 3.44. The molecule has 0 aromatic heterocycles. The van der Waals surface area contributed by atoms with Gasteiger partial charge in [-0.3, -0.25) is 25.2 Å². The molecule has 8 nitrogen and oxygen atoms in total. The molecule has 182 valence electrons. The zero-order valence-electron chi connectivity index (χ0n) is 18.4. The molecule has 34 heavy (non-hydrogen) atoms. The molecule has 2 amide bonds. The summed E-state index contributed by atoms with van der Waals surface area (Å²) in [7, 11) is 0. The highest BCUT2D eigenvalue weighted by atomic mass is 19.4. The van der Waals surface area contributed by atoms with E-state index in [2.05, 4.69) is 20.5 Å². The van der Waals surface area contributed by atoms with Gasteiger partial charge >= 0.3 is 12.1 Å². The second-order valence-electron chi connectivity index (χ2n) is 7.63. The summed E-state index contributed by atoms with van der Waals surface area (Å²) in [6, 6.07) is 11.9. The second-order valence-corrected chi connectivity index (χ2v) is 7.63. The van der Waals surface area contributed by atoms with Crippen molar-refractivity contribution in [3.63, 3.8) is 0 Å². The van der Waals surface area contributed by atoms with E-state index in [9.17, 15) is 27.6 Å². The second kappa shape index (κ2) is 10.9. The number of esters is 1. The Morgan fingerprint density at radius 1 is 1.00 bits per heavy atom. The third kappa shape index (κ3) is 6.87. The first kappa shape index (κ1) is 24.9. The first-order valence-electron chi connectivity index (χ1n) is 10.5. The molecule has 0 bridgehead atoms. The number of ether oxygens (including phenoxy) is 2. The summed E-state index contributed by atoms with van der Waals surface area (Å²) in [6.45, 7) is 1.82. The molecule has 2 aromatic carbocycles. The number of benzene rings is 2. The normalized spacial score (nSPS) is 14.3. The van der Waals surface area contributed by atoms with Crippen LogP contribution in [0.3, 0.4) is 0 Å². The SMILES string of the molecule is CC(=O)OCC(=O)NNC(=O)c1ccc(N2CCC(Oc3ccccc3C(F)(F)F)CC2)cc1. The van der Waals surface area contributed by atoms with Crippen molar-refractivity contribution in [2.24, 2.45) is 0 Å². The van der Waals surface area contributed by atoms with Gasteiger partial charge in [0.05, 0.1) is 5.56 Å². The average molecular weight is 479 g/mol. The van der Waals surface area contributed by atoms with Gasteiger partial charge in [0, 0.05) is 44.1 Å². The van der Waals surface area contributed by atoms with Crippen LogP contribution in [0, 0.1) is 0 Å². The highest BCUT2D eigenvalue weighted by Crippen LogP contribution is 2.37. The lowest BCUT2D eigenvalue weighted by Gasteiger charge is -2.34. The maximum atomic E-state index is 13.2. The van der Waals surface area contributed by atoms with Gasteiger partial charge in [-0.1, -0.05) is 12.1 Å². The van der Waals surface area contributed by atoms with Crippen LogP contribution in [0.25, 0.3) is 0 Å². The van der Waals surface area contributed by atoms with E-state index in [0.29, 0.717) is 31.5 Å². The summed E-state index contributed by atoms with van der Waals surface area (Å²) >= 11 is 0. The molecule has 0 spiro atoms. The monoisotopic (exact) mass is 479 g/mol. The third-order valence-corrected chi connectivity index (χ3v) is 5.14. The molecule has 0 saturated carbocycles. The number of hydrogen-bond acceptors (Lipinski definition) is 6. The number of piperidine rings is 1. The zero-order valence-corrected chi connectivity index (χ0v) is 18.4. The number of rotatable bonds is 6. The molecule has 1 heterocycles. The van der Waals surface area contributed by atoms with Crippen LogP contribution >= 0.6 is 0 Å². The van der Waals surface area contributed by atoms with Gasteiger partial charge in [0.2, 0.25) is 0 Å². The lowest BCUT2D eigenvalue weighted by molar-refractivity contribution is -0.146. The molecule has 11 heteroatoms. The van der Waals surface area contributed by atoms with Crippen LogP contribution < -0.4 is 20.5 Å². The number of halogens is 3. The smallest absolute Gasteiger partial charge is 0.419 e. The number of anilines is 1. The molecule has 0 atom stereocenters. The van der Waals surface area contributed by atoms with Crippen molar-refractivity contribution < 1.29 is 37.0 Å². The lowest BCUT2D eigenvalue weighted by atomic mass is 10.1. The van der Waals surface area contributed by atoms with Crippen molar-refractivity contribution in [2.75, 3.05) is 24.6 Å². The molecule has 0 radical (unpaired) electrons. The highest BCUT2D eigenvalue weighted by molar-refractivity contribution is 5.95. The largest absolute Gasteiger partial charge is 0.490 e. The van der Waals surface area contributed by atoms with E-state index in [-0.39, 0.29) is 11.9 Å². The van der Waals surface area contributed by atoms with Crippen LogP contribution in [-0.2, 0) is 20.5 Å². The molecular formula is C23H24F3N3O5. The molecule has 2 N–H and O–H groups in total. The zero-order chi connectivity index (χ0) is 24.7. The maximum absolute atomic E-state index is 13.2. The fraction of sp³-hybridized carbons (Fsp3) is 0.348. The van der Waals surface area contributed by atoms with Crippen molar-refractivity contribution in [1.82, 2.24) is 10.9 Å². The molecule has 3 rings (SSSR count). The molecule has 1 aliphatic heterocycles. The van der Waals surface area contributed by atoms with Gasteiger partial charge in [-0.25, -0.2) is 0 Å². The van der Waals surface area contributed by atoms with Gasteiger partial charge in [-0.05, 0) is 36.4 Å². The van der Waals surface area contributed by atoms with E-state index in [1.165, 1.54) is 18.2 Å². The first-order valence-corrected chi connectivity index (χ1v) is 10.5. The summed E-state index contributed by atoms with van der Waals surface area (Å²) in [5.74, 6) is -2.00. The van der Waals surface area contributed by atoms with Crippen molar-refractivity contribution >= 4 is 23.5 Å². The van der Waals surface area contributed by atoms with Crippen LogP contribution in [0.4, 0.5) is 18.9 Å². The van der Waals surface area contributed by atoms with Crippen molar-refractivity contribution in [3.05, 3.63) is 59.7 Å². The van der Waals surface area contributed by atoms with Crippen molar-refractivity contribution in [3.8, 4) is 5.75 Å². The Kier molecular flexibility index (Phi) is 7.98. The minimum Gasteiger partial charge on any atom is -0.490 e. The van der Waals surface area contributed by atoms with E-state index >= 15 is 0 Å². The quantitative estimate of drug-likeness (QED) is 0.488. The van der Waals surface area contributed by atoms with Crippen LogP contribution in [0.5, 0.6) is 5.75 Å². The molecule has 1 aliphatic rings. The van der Waals surface area contributed by atoms with Gasteiger partial charge in [-0.15, -0.1) is 0 Å². The Morgan fingerprint density at radius 2 is 1.65 bits per heavy atom. The molecule has 0 aliphatic carbocycles. The Bertz CT molecular complexity index is 1020. The number of amides is 2. The maximum Gasteiger partial charge on any atom is 0.419 e. The molecule has 0 unspecified atom stereocenters. The Labute approximate surface area is 194 Å². The van der Waals surface area contributed by atoms with Gasteiger partial charge in [-0.2, -0.15) is 13.2 Å². The Balaban J connectivity index is 1.49. The van der Waals surface area contributed by atoms with E-state index < -0.39 is 36.1 Å². The highest BCUT2D eigenvalue weighted by Gasteiger charge is 2.35. The third-order valence-electron chi connectivity index (χ3n) is 5.14. The van der Waals surface area contributed by atoms with E-state index in [4.69, 9.17) is 4.74 Å². The predicted octanol–water partition coefficient (Wildman–Crippen LogP) is 3.08. The first-order chi connectivity index (χ1) is 16.1. The Morgan fingerprint density at radius 3 is 2.26 bits per heavy atom. The number of carbonyl (C=O) groups excluding carboxylic acids is 3. The van der Waals surface area contributed by atoms with Gasteiger partial charge in [0.15, 0.2) is 6.61 Å². The van der Waals surface area contributed by atoms with Gasteiger partial charge < -0.3 is 14.4 Å². The number of nitrogens with one attached hydrogen (secondary N) is 2. The number of para-hydroxylation sites is 1. The summed E-state index contributed by atoms with van der Waals surface area (Å²) < 4.78 is 49.7. The molecular weight excluding hydrogens is 455 g/mol. The van der Waals surface area contributed by atoms with Gasteiger partial charge in [0.25, 0.3) is 11.8 Å². The minimum atomic E-state index is -4.48. The van der Waals surface area contributed by atoms with Crippen LogP contribution in [0.15, 0.2) is 48.5 Å². The summed E-state index contributed by atoms with van der Waals surface area (Å²) in [4.78, 5) is 36.4. The lowest BCUT2D eigenvalue weighted by Crippen LogP contribution is -2.43. The predicted molar refractivity (Wildman–Crippen MR) is 116 cm³/mol. The summed E-state index contributed by atoms with van der Waals surface area (Å²) in [5.41, 5.74) is 4.74. The molecule has 2 aromatic rings. The standard InChI is InChI=1S/C23H24F3N3O5/c1-15(30)33-14-21(31)27-28-22(32)16-6-8-17(9-7-16)29-12-10-18(11-13-29)34-20-5-3-2-4-19(20)23(24,25)26/h2-9,18H,10-14H2,1H3,(H,27,31)(H,28,32). The van der Waals surface area contributed by atoms with Crippen LogP contribution in [-0.4, -0.2) is 43.6 Å². The van der Waals surface area contributed by atoms with E-state index in [1.54, 1.807) is 24.3 Å². The van der Waals surface area contributed by atoms with E-state index in [1.807, 2.05) is 0 Å². The van der Waals surface area contributed by atoms with Crippen LogP contribution in [0.1, 0.15) is 35.7 Å². The summed E-state index contributed by atoms with van der Waals surface area (Å²) in [6.07, 6.45) is -3.72. The Hall–Kier alpha value is -3.76. The number of hydrogen-bond donors (Lipinski definition) is 2. The summed E-state index contributed by atoms with van der Waals surface area (Å²) in [5, 5.41) is 0. The van der Waals surface area contributed by atoms with Gasteiger partial charge in [0.1, 0.15) is 11.9 Å². The average Bonchev–Trinajstić information content (AvgIpc) is 2.81. The van der Waals surface area contributed by atoms with Crippen molar-refractivity contribution in [2.45, 2.75) is 32.0 Å². The topological polar surface area (TPSA) is 97.0 Å². The fourth-order valence-electron chi connectivity index (χ4n) is 3.44.